The molecule has 3 aromatic heterocycles. The fourth-order valence-corrected chi connectivity index (χ4v) is 4.50. The van der Waals surface area contributed by atoms with E-state index >= 15 is 0 Å². The van der Waals surface area contributed by atoms with Gasteiger partial charge in [0.15, 0.2) is 10.8 Å². The molecule has 10 heteroatoms. The first-order chi connectivity index (χ1) is 11.0. The van der Waals surface area contributed by atoms with E-state index < -0.39 is 5.91 Å². The number of aryl methyl sites for hydroxylation is 2. The molecule has 3 heterocycles. The Labute approximate surface area is 149 Å². The molecule has 0 aromatic carbocycles. The maximum Gasteiger partial charge on any atom is 0.278 e. The molecule has 6 nitrogen and oxygen atoms in total. The lowest BCUT2D eigenvalue weighted by molar-refractivity contribution is 0.102. The minimum atomic E-state index is -0.407. The Kier molecular flexibility index (Phi) is 3.64. The summed E-state index contributed by atoms with van der Waals surface area (Å²) in [6.07, 6.45) is 3.62. The van der Waals surface area contributed by atoms with Crippen LogP contribution in [0.15, 0.2) is 6.20 Å². The van der Waals surface area contributed by atoms with Crippen LogP contribution in [0.3, 0.4) is 0 Å². The van der Waals surface area contributed by atoms with E-state index in [1.54, 1.807) is 0 Å². The van der Waals surface area contributed by atoms with E-state index in [-0.39, 0.29) is 10.7 Å². The third kappa shape index (κ3) is 2.46. The number of amides is 1. The van der Waals surface area contributed by atoms with Gasteiger partial charge in [0.05, 0.1) is 11.9 Å². The Morgan fingerprint density at radius 3 is 2.96 bits per heavy atom. The van der Waals surface area contributed by atoms with Gasteiger partial charge in [-0.25, -0.2) is 4.98 Å². The molecule has 0 aliphatic heterocycles. The fraction of sp³-hybridized carbons (Fsp3) is 0.231. The number of nitrogens with zero attached hydrogens (tertiary/aromatic N) is 4. The summed E-state index contributed by atoms with van der Waals surface area (Å²) in [7, 11) is 1.92. The van der Waals surface area contributed by atoms with E-state index in [1.807, 2.05) is 17.9 Å². The van der Waals surface area contributed by atoms with Crippen LogP contribution in [0.1, 0.15) is 21.1 Å². The zero-order chi connectivity index (χ0) is 16.1. The summed E-state index contributed by atoms with van der Waals surface area (Å²) in [4.78, 5) is 17.9. The number of thiazole rings is 1. The number of aromatic nitrogens is 4. The monoisotopic (exact) mass is 385 g/mol. The second-order valence-corrected chi connectivity index (χ2v) is 7.83. The zero-order valence-electron chi connectivity index (χ0n) is 11.8. The molecule has 0 saturated carbocycles. The van der Waals surface area contributed by atoms with E-state index in [0.717, 1.165) is 46.2 Å². The van der Waals surface area contributed by atoms with Crippen LogP contribution in [0.5, 0.6) is 0 Å². The lowest BCUT2D eigenvalue weighted by atomic mass is 10.0. The number of hydrogen-bond acceptors (Lipinski definition) is 6. The number of anilines is 1. The summed E-state index contributed by atoms with van der Waals surface area (Å²) in [5, 5.41) is 7.73. The molecule has 3 aromatic rings. The number of hydrogen-bond donors (Lipinski definition) is 1. The number of halogens is 2. The highest BCUT2D eigenvalue weighted by Gasteiger charge is 2.25. The Bertz CT molecular complexity index is 929. The number of fused-ring (bicyclic) bond motifs is 3. The van der Waals surface area contributed by atoms with Crippen molar-refractivity contribution in [1.29, 1.82) is 0 Å². The molecule has 0 spiro atoms. The van der Waals surface area contributed by atoms with Crippen LogP contribution in [0, 0.1) is 0 Å². The first kappa shape index (κ1) is 15.1. The smallest absolute Gasteiger partial charge is 0.278 e. The summed E-state index contributed by atoms with van der Waals surface area (Å²) < 4.78 is 6.13. The highest BCUT2D eigenvalue weighted by atomic mass is 35.5. The van der Waals surface area contributed by atoms with Crippen molar-refractivity contribution in [3.8, 4) is 11.3 Å². The topological polar surface area (TPSA) is 72.7 Å². The lowest BCUT2D eigenvalue weighted by Gasteiger charge is -2.10. The molecule has 0 saturated heterocycles. The van der Waals surface area contributed by atoms with Gasteiger partial charge in [-0.2, -0.15) is 9.47 Å². The van der Waals surface area contributed by atoms with Crippen molar-refractivity contribution in [3.63, 3.8) is 0 Å². The molecular formula is C13H9Cl2N5OS2. The summed E-state index contributed by atoms with van der Waals surface area (Å²) in [5.74, 6) is -0.407. The molecule has 118 valence electrons. The summed E-state index contributed by atoms with van der Waals surface area (Å²) in [5.41, 5.74) is 3.20. The third-order valence-electron chi connectivity index (χ3n) is 3.64. The van der Waals surface area contributed by atoms with Gasteiger partial charge in [0.1, 0.15) is 9.36 Å². The predicted octanol–water partition coefficient (Wildman–Crippen LogP) is 3.66. The molecule has 4 rings (SSSR count). The second-order valence-electron chi connectivity index (χ2n) is 4.99. The number of nitrogens with one attached hydrogen (secondary N) is 1. The van der Waals surface area contributed by atoms with Crippen molar-refractivity contribution in [2.24, 2.45) is 7.05 Å². The summed E-state index contributed by atoms with van der Waals surface area (Å²) in [6.45, 7) is 0. The average Bonchev–Trinajstić information content (AvgIpc) is 3.18. The van der Waals surface area contributed by atoms with E-state index in [9.17, 15) is 4.79 Å². The van der Waals surface area contributed by atoms with Gasteiger partial charge in [0.2, 0.25) is 0 Å². The molecule has 1 N–H and O–H groups in total. The standard InChI is InChI=1S/C13H9Cl2N5OS2/c1-20-6-2-3-7-9(5(6)4-16-20)17-13(22-7)18-12(21)10-8(14)11(15)23-19-10/h4H,2-3H2,1H3,(H,17,18,21). The first-order valence-electron chi connectivity index (χ1n) is 6.67. The third-order valence-corrected chi connectivity index (χ3v) is 6.28. The van der Waals surface area contributed by atoms with Crippen molar-refractivity contribution in [1.82, 2.24) is 19.1 Å². The Morgan fingerprint density at radius 1 is 1.39 bits per heavy atom. The molecule has 0 fully saturated rings. The SMILES string of the molecule is Cn1ncc2c1CCc1sc(NC(=O)c3nsc(Cl)c3Cl)nc1-2. The van der Waals surface area contributed by atoms with Gasteiger partial charge < -0.3 is 0 Å². The second kappa shape index (κ2) is 5.55. The van der Waals surface area contributed by atoms with Crippen LogP contribution in [-0.2, 0) is 19.9 Å². The molecule has 0 radical (unpaired) electrons. The maximum atomic E-state index is 12.3. The van der Waals surface area contributed by atoms with E-state index in [2.05, 4.69) is 19.8 Å². The van der Waals surface area contributed by atoms with Crippen LogP contribution in [0.25, 0.3) is 11.3 Å². The van der Waals surface area contributed by atoms with Crippen molar-refractivity contribution in [2.45, 2.75) is 12.8 Å². The molecule has 1 aliphatic carbocycles. The highest BCUT2D eigenvalue weighted by molar-refractivity contribution is 7.16. The Hall–Kier alpha value is -1.48. The molecular weight excluding hydrogens is 377 g/mol. The number of rotatable bonds is 2. The molecule has 0 unspecified atom stereocenters. The van der Waals surface area contributed by atoms with E-state index in [4.69, 9.17) is 23.2 Å². The maximum absolute atomic E-state index is 12.3. The molecule has 1 aliphatic rings. The molecule has 1 amide bonds. The van der Waals surface area contributed by atoms with E-state index in [1.165, 1.54) is 11.3 Å². The van der Waals surface area contributed by atoms with Gasteiger partial charge in [-0.05, 0) is 24.4 Å². The molecule has 0 bridgehead atoms. The molecule has 0 atom stereocenters. The predicted molar refractivity (Wildman–Crippen MR) is 91.8 cm³/mol. The normalized spacial score (nSPS) is 12.8. The Morgan fingerprint density at radius 2 is 2.22 bits per heavy atom. The Balaban J connectivity index is 1.64. The number of carbonyl (C=O) groups excluding carboxylic acids is 1. The van der Waals surface area contributed by atoms with Gasteiger partial charge in [-0.15, -0.1) is 11.3 Å². The summed E-state index contributed by atoms with van der Waals surface area (Å²) in [6, 6.07) is 0. The van der Waals surface area contributed by atoms with Crippen molar-refractivity contribution in [3.05, 3.63) is 31.8 Å². The average molecular weight is 386 g/mol. The van der Waals surface area contributed by atoms with Crippen LogP contribution in [-0.4, -0.2) is 25.0 Å². The van der Waals surface area contributed by atoms with Crippen LogP contribution in [0.2, 0.25) is 9.36 Å². The molecule has 23 heavy (non-hydrogen) atoms. The first-order valence-corrected chi connectivity index (χ1v) is 9.02. The van der Waals surface area contributed by atoms with Gasteiger partial charge in [0, 0.05) is 23.2 Å². The van der Waals surface area contributed by atoms with Crippen molar-refractivity contribution in [2.75, 3.05) is 5.32 Å². The van der Waals surface area contributed by atoms with Gasteiger partial charge >= 0.3 is 0 Å². The van der Waals surface area contributed by atoms with Crippen LogP contribution >= 0.6 is 46.1 Å². The number of carbonyl (C=O) groups is 1. The van der Waals surface area contributed by atoms with Gasteiger partial charge in [0.25, 0.3) is 5.91 Å². The highest BCUT2D eigenvalue weighted by Crippen LogP contribution is 2.38. The fourth-order valence-electron chi connectivity index (χ4n) is 2.53. The van der Waals surface area contributed by atoms with Crippen molar-refractivity contribution >= 4 is 57.1 Å². The van der Waals surface area contributed by atoms with Crippen LogP contribution in [0.4, 0.5) is 5.13 Å². The lowest BCUT2D eigenvalue weighted by Crippen LogP contribution is -2.12. The van der Waals surface area contributed by atoms with Gasteiger partial charge in [-0.1, -0.05) is 23.2 Å². The quantitative estimate of drug-likeness (QED) is 0.730. The summed E-state index contributed by atoms with van der Waals surface area (Å²) >= 11 is 14.3. The zero-order valence-corrected chi connectivity index (χ0v) is 14.9. The van der Waals surface area contributed by atoms with Crippen LogP contribution < -0.4 is 5.32 Å². The minimum Gasteiger partial charge on any atom is -0.296 e. The minimum absolute atomic E-state index is 0.122. The van der Waals surface area contributed by atoms with E-state index in [0.29, 0.717) is 9.47 Å². The van der Waals surface area contributed by atoms with Gasteiger partial charge in [-0.3, -0.25) is 14.8 Å². The van der Waals surface area contributed by atoms with Crippen molar-refractivity contribution < 1.29 is 4.79 Å². The largest absolute Gasteiger partial charge is 0.296 e.